The van der Waals surface area contributed by atoms with Crippen LogP contribution >= 0.6 is 11.6 Å². The van der Waals surface area contributed by atoms with Crippen molar-refractivity contribution < 1.29 is 4.74 Å². The molecule has 1 fully saturated rings. The second kappa shape index (κ2) is 4.22. The van der Waals surface area contributed by atoms with Crippen molar-refractivity contribution >= 4 is 11.6 Å². The van der Waals surface area contributed by atoms with Gasteiger partial charge in [-0.2, -0.15) is 0 Å². The summed E-state index contributed by atoms with van der Waals surface area (Å²) in [5, 5.41) is 0.685. The normalized spacial score (nSPS) is 17.3. The Bertz CT molecular complexity index is 316. The molecule has 1 aromatic carbocycles. The van der Waals surface area contributed by atoms with Crippen molar-refractivity contribution in [3.63, 3.8) is 0 Å². The largest absolute Gasteiger partial charge is 0.489 e. The van der Waals surface area contributed by atoms with E-state index in [-0.39, 0.29) is 0 Å². The second-order valence-corrected chi connectivity index (χ2v) is 4.20. The summed E-state index contributed by atoms with van der Waals surface area (Å²) >= 11 is 6.02. The van der Waals surface area contributed by atoms with Crippen molar-refractivity contribution in [2.45, 2.75) is 31.8 Å². The molecule has 1 saturated carbocycles. The minimum atomic E-state index is 0.356. The third-order valence-corrected chi connectivity index (χ3v) is 2.90. The first-order valence-electron chi connectivity index (χ1n) is 5.04. The molecule has 0 amide bonds. The van der Waals surface area contributed by atoms with Crippen LogP contribution in [0.25, 0.3) is 0 Å². The summed E-state index contributed by atoms with van der Waals surface area (Å²) in [6.07, 6.45) is 5.20. The van der Waals surface area contributed by atoms with E-state index in [9.17, 15) is 0 Å². The van der Waals surface area contributed by atoms with E-state index in [1.165, 1.54) is 12.8 Å². The second-order valence-electron chi connectivity index (χ2n) is 3.79. The highest BCUT2D eigenvalue weighted by molar-refractivity contribution is 6.32. The van der Waals surface area contributed by atoms with Crippen LogP contribution in [0.4, 0.5) is 0 Å². The van der Waals surface area contributed by atoms with Gasteiger partial charge in [0.2, 0.25) is 0 Å². The molecule has 1 aliphatic carbocycles. The van der Waals surface area contributed by atoms with Gasteiger partial charge in [0, 0.05) is 0 Å². The average molecular weight is 210 g/mol. The molecule has 1 aromatic rings. The van der Waals surface area contributed by atoms with Crippen LogP contribution in [0.3, 0.4) is 0 Å². The van der Waals surface area contributed by atoms with Gasteiger partial charge in [-0.05, 0) is 50.3 Å². The number of halogens is 1. The van der Waals surface area contributed by atoms with Crippen molar-refractivity contribution in [1.29, 1.82) is 0 Å². The molecule has 1 aliphatic rings. The fraction of sp³-hybridized carbons (Fsp3) is 0.417. The minimum Gasteiger partial charge on any atom is -0.489 e. The lowest BCUT2D eigenvalue weighted by molar-refractivity contribution is 0.210. The van der Waals surface area contributed by atoms with Crippen LogP contribution in [0.2, 0.25) is 5.02 Å². The Labute approximate surface area is 90.0 Å². The van der Waals surface area contributed by atoms with Gasteiger partial charge < -0.3 is 4.74 Å². The van der Waals surface area contributed by atoms with Gasteiger partial charge in [0.05, 0.1) is 11.1 Å². The van der Waals surface area contributed by atoms with Crippen molar-refractivity contribution in [1.82, 2.24) is 0 Å². The van der Waals surface area contributed by atoms with Crippen molar-refractivity contribution in [3.8, 4) is 5.75 Å². The number of rotatable bonds is 2. The lowest BCUT2D eigenvalue weighted by Gasteiger charge is -2.14. The standard InChI is InChI=1S/C12H14ClO/c1-9-6-7-11(13)12(8-9)14-10-4-2-3-5-10/h6-8,10H,1-5H2. The third kappa shape index (κ3) is 2.21. The predicted octanol–water partition coefficient (Wildman–Crippen LogP) is 3.84. The Balaban J connectivity index is 2.10. The van der Waals surface area contributed by atoms with Gasteiger partial charge in [-0.15, -0.1) is 0 Å². The quantitative estimate of drug-likeness (QED) is 0.719. The Hall–Kier alpha value is -0.690. The lowest BCUT2D eigenvalue weighted by Crippen LogP contribution is -2.11. The highest BCUT2D eigenvalue weighted by Crippen LogP contribution is 2.30. The topological polar surface area (TPSA) is 9.23 Å². The molecule has 0 heterocycles. The molecule has 0 unspecified atom stereocenters. The first-order valence-corrected chi connectivity index (χ1v) is 5.41. The average Bonchev–Trinajstić information content (AvgIpc) is 2.64. The molecule has 0 N–H and O–H groups in total. The summed E-state index contributed by atoms with van der Waals surface area (Å²) in [6.45, 7) is 3.86. The molecule has 0 aromatic heterocycles. The molecule has 1 radical (unpaired) electrons. The molecule has 0 spiro atoms. The maximum atomic E-state index is 6.02. The maximum Gasteiger partial charge on any atom is 0.138 e. The van der Waals surface area contributed by atoms with Crippen LogP contribution in [-0.4, -0.2) is 6.10 Å². The van der Waals surface area contributed by atoms with Crippen LogP contribution in [0.1, 0.15) is 31.2 Å². The number of ether oxygens (including phenoxy) is 1. The summed E-state index contributed by atoms with van der Waals surface area (Å²) in [5.74, 6) is 0.783. The molecule has 14 heavy (non-hydrogen) atoms. The molecular formula is C12H14ClO. The molecule has 75 valence electrons. The molecule has 2 rings (SSSR count). The molecule has 0 aliphatic heterocycles. The van der Waals surface area contributed by atoms with Gasteiger partial charge in [-0.1, -0.05) is 17.7 Å². The first-order chi connectivity index (χ1) is 6.75. The molecule has 0 bridgehead atoms. The fourth-order valence-corrected chi connectivity index (χ4v) is 1.99. The van der Waals surface area contributed by atoms with E-state index in [1.807, 2.05) is 18.2 Å². The fourth-order valence-electron chi connectivity index (χ4n) is 1.82. The summed E-state index contributed by atoms with van der Waals surface area (Å²) in [7, 11) is 0. The first kappa shape index (κ1) is 9.85. The van der Waals surface area contributed by atoms with E-state index < -0.39 is 0 Å². The van der Waals surface area contributed by atoms with Gasteiger partial charge in [0.1, 0.15) is 5.75 Å². The molecule has 0 saturated heterocycles. The van der Waals surface area contributed by atoms with E-state index in [1.54, 1.807) is 0 Å². The molecule has 0 atom stereocenters. The SMILES string of the molecule is [CH2]c1ccc(Cl)c(OC2CCCC2)c1. The van der Waals surface area contributed by atoms with Crippen LogP contribution in [-0.2, 0) is 0 Å². The van der Waals surface area contributed by atoms with Gasteiger partial charge in [0.25, 0.3) is 0 Å². The van der Waals surface area contributed by atoms with Crippen LogP contribution in [0.15, 0.2) is 18.2 Å². The number of hydrogen-bond donors (Lipinski definition) is 0. The molecule has 2 heteroatoms. The maximum absolute atomic E-state index is 6.02. The van der Waals surface area contributed by atoms with Crippen LogP contribution in [0.5, 0.6) is 5.75 Å². The molecular weight excluding hydrogens is 196 g/mol. The Morgan fingerprint density at radius 1 is 1.29 bits per heavy atom. The zero-order chi connectivity index (χ0) is 9.97. The van der Waals surface area contributed by atoms with Gasteiger partial charge in [-0.25, -0.2) is 0 Å². The van der Waals surface area contributed by atoms with E-state index in [0.29, 0.717) is 11.1 Å². The van der Waals surface area contributed by atoms with E-state index in [0.717, 1.165) is 24.2 Å². The summed E-state index contributed by atoms with van der Waals surface area (Å²) in [5.41, 5.74) is 0.947. The van der Waals surface area contributed by atoms with Crippen LogP contribution < -0.4 is 4.74 Å². The summed E-state index contributed by atoms with van der Waals surface area (Å²) in [4.78, 5) is 0. The Kier molecular flexibility index (Phi) is 2.97. The third-order valence-electron chi connectivity index (χ3n) is 2.59. The van der Waals surface area contributed by atoms with Crippen molar-refractivity contribution in [2.24, 2.45) is 0 Å². The van der Waals surface area contributed by atoms with Gasteiger partial charge in [0.15, 0.2) is 0 Å². The lowest BCUT2D eigenvalue weighted by atomic mass is 10.2. The van der Waals surface area contributed by atoms with E-state index in [4.69, 9.17) is 16.3 Å². The van der Waals surface area contributed by atoms with Crippen molar-refractivity contribution in [3.05, 3.63) is 35.7 Å². The van der Waals surface area contributed by atoms with Crippen LogP contribution in [0, 0.1) is 6.92 Å². The zero-order valence-corrected chi connectivity index (χ0v) is 8.89. The van der Waals surface area contributed by atoms with E-state index >= 15 is 0 Å². The van der Waals surface area contributed by atoms with Gasteiger partial charge in [-0.3, -0.25) is 0 Å². The summed E-state index contributed by atoms with van der Waals surface area (Å²) < 4.78 is 5.81. The molecule has 1 nitrogen and oxygen atoms in total. The van der Waals surface area contributed by atoms with Crippen molar-refractivity contribution in [2.75, 3.05) is 0 Å². The van der Waals surface area contributed by atoms with E-state index in [2.05, 4.69) is 6.92 Å². The monoisotopic (exact) mass is 209 g/mol. The minimum absolute atomic E-state index is 0.356. The highest BCUT2D eigenvalue weighted by atomic mass is 35.5. The Morgan fingerprint density at radius 3 is 2.71 bits per heavy atom. The van der Waals surface area contributed by atoms with Gasteiger partial charge >= 0.3 is 0 Å². The number of hydrogen-bond acceptors (Lipinski definition) is 1. The summed E-state index contributed by atoms with van der Waals surface area (Å²) in [6, 6.07) is 5.64. The predicted molar refractivity (Wildman–Crippen MR) is 58.8 cm³/mol. The highest BCUT2D eigenvalue weighted by Gasteiger charge is 2.17. The number of benzene rings is 1. The Morgan fingerprint density at radius 2 is 2.00 bits per heavy atom. The smallest absolute Gasteiger partial charge is 0.138 e. The zero-order valence-electron chi connectivity index (χ0n) is 8.13.